The summed E-state index contributed by atoms with van der Waals surface area (Å²) in [6.07, 6.45) is 5.98. The van der Waals surface area contributed by atoms with E-state index >= 15 is 0 Å². The summed E-state index contributed by atoms with van der Waals surface area (Å²) in [5.74, 6) is -0.375. The van der Waals surface area contributed by atoms with Crippen LogP contribution in [0.3, 0.4) is 0 Å². The van der Waals surface area contributed by atoms with Crippen LogP contribution in [0.25, 0.3) is 0 Å². The lowest BCUT2D eigenvalue weighted by molar-refractivity contribution is -0.116. The molecule has 0 aliphatic rings. The van der Waals surface area contributed by atoms with Crippen LogP contribution in [0.15, 0.2) is 40.1 Å². The van der Waals surface area contributed by atoms with E-state index in [0.29, 0.717) is 25.0 Å². The summed E-state index contributed by atoms with van der Waals surface area (Å²) in [4.78, 5) is 29.1. The van der Waals surface area contributed by atoms with E-state index in [1.807, 2.05) is 49.8 Å². The van der Waals surface area contributed by atoms with Gasteiger partial charge in [0.1, 0.15) is 0 Å². The van der Waals surface area contributed by atoms with Gasteiger partial charge in [-0.3, -0.25) is 14.9 Å². The third-order valence-electron chi connectivity index (χ3n) is 3.12. The molecule has 7 heteroatoms. The minimum absolute atomic E-state index is 0.337. The molecule has 0 bridgehead atoms. The highest BCUT2D eigenvalue weighted by atomic mass is 32.2. The van der Waals surface area contributed by atoms with Crippen molar-refractivity contribution in [3.8, 4) is 0 Å². The van der Waals surface area contributed by atoms with Crippen LogP contribution in [-0.4, -0.2) is 31.1 Å². The molecular weight excluding hydrogens is 344 g/mol. The quantitative estimate of drug-likeness (QED) is 0.395. The molecule has 5 nitrogen and oxygen atoms in total. The number of carbonyl (C=O) groups excluding carboxylic acids is 2. The number of rotatable bonds is 9. The first-order chi connectivity index (χ1) is 11.6. The molecule has 0 aliphatic heterocycles. The van der Waals surface area contributed by atoms with Crippen LogP contribution in [0.1, 0.15) is 25.3 Å². The first-order valence-corrected chi connectivity index (χ1v) is 10.2. The predicted octanol–water partition coefficient (Wildman–Crippen LogP) is 3.72. The SMILES string of the molecule is CCCC(C(=O)NC(=O)NOCCc1ccccc1)=C(SC)SC. The Morgan fingerprint density at radius 1 is 1.12 bits per heavy atom. The summed E-state index contributed by atoms with van der Waals surface area (Å²) in [6.45, 7) is 2.34. The van der Waals surface area contributed by atoms with Crippen molar-refractivity contribution in [2.24, 2.45) is 0 Å². The van der Waals surface area contributed by atoms with Crippen LogP contribution in [0.2, 0.25) is 0 Å². The van der Waals surface area contributed by atoms with Crippen molar-refractivity contribution in [2.75, 3.05) is 19.1 Å². The molecule has 0 aromatic heterocycles. The number of benzene rings is 1. The second-order valence-corrected chi connectivity index (χ2v) is 6.79. The first-order valence-electron chi connectivity index (χ1n) is 7.70. The van der Waals surface area contributed by atoms with Crippen molar-refractivity contribution in [2.45, 2.75) is 26.2 Å². The summed E-state index contributed by atoms with van der Waals surface area (Å²) in [5.41, 5.74) is 4.00. The van der Waals surface area contributed by atoms with Gasteiger partial charge in [-0.1, -0.05) is 43.7 Å². The van der Waals surface area contributed by atoms with Crippen molar-refractivity contribution in [1.82, 2.24) is 10.8 Å². The van der Waals surface area contributed by atoms with Gasteiger partial charge < -0.3 is 0 Å². The predicted molar refractivity (Wildman–Crippen MR) is 102 cm³/mol. The van der Waals surface area contributed by atoms with Crippen LogP contribution in [0.5, 0.6) is 0 Å². The van der Waals surface area contributed by atoms with E-state index in [2.05, 4.69) is 10.8 Å². The van der Waals surface area contributed by atoms with Crippen LogP contribution in [0.4, 0.5) is 4.79 Å². The second kappa shape index (κ2) is 12.0. The summed E-state index contributed by atoms with van der Waals surface area (Å²) >= 11 is 3.02. The molecule has 132 valence electrons. The third-order valence-corrected chi connectivity index (χ3v) is 5.35. The van der Waals surface area contributed by atoms with Crippen molar-refractivity contribution < 1.29 is 14.4 Å². The zero-order valence-electron chi connectivity index (χ0n) is 14.3. The fraction of sp³-hybridized carbons (Fsp3) is 0.412. The molecule has 0 aliphatic carbocycles. The molecule has 3 amide bonds. The maximum absolute atomic E-state index is 12.2. The number of carbonyl (C=O) groups is 2. The molecule has 1 aromatic rings. The lowest BCUT2D eigenvalue weighted by Crippen LogP contribution is -2.40. The maximum Gasteiger partial charge on any atom is 0.345 e. The summed E-state index contributed by atoms with van der Waals surface area (Å²) < 4.78 is 0.923. The molecule has 24 heavy (non-hydrogen) atoms. The average Bonchev–Trinajstić information content (AvgIpc) is 2.60. The highest BCUT2D eigenvalue weighted by molar-refractivity contribution is 8.21. The molecule has 0 heterocycles. The van der Waals surface area contributed by atoms with Gasteiger partial charge in [-0.05, 0) is 30.9 Å². The highest BCUT2D eigenvalue weighted by Crippen LogP contribution is 2.29. The third kappa shape index (κ3) is 7.42. The van der Waals surface area contributed by atoms with Gasteiger partial charge in [0.05, 0.1) is 6.61 Å². The van der Waals surface area contributed by atoms with Crippen molar-refractivity contribution >= 4 is 35.5 Å². The van der Waals surface area contributed by atoms with Gasteiger partial charge in [0.2, 0.25) is 0 Å². The molecule has 0 radical (unpaired) electrons. The number of imide groups is 1. The number of hydroxylamine groups is 1. The van der Waals surface area contributed by atoms with Crippen molar-refractivity contribution in [1.29, 1.82) is 0 Å². The zero-order chi connectivity index (χ0) is 17.8. The van der Waals surface area contributed by atoms with Crippen LogP contribution in [-0.2, 0) is 16.1 Å². The van der Waals surface area contributed by atoms with Gasteiger partial charge in [-0.25, -0.2) is 10.3 Å². The molecule has 0 saturated carbocycles. The summed E-state index contributed by atoms with van der Waals surface area (Å²) in [7, 11) is 0. The van der Waals surface area contributed by atoms with Crippen LogP contribution < -0.4 is 10.8 Å². The smallest absolute Gasteiger partial charge is 0.272 e. The van der Waals surface area contributed by atoms with Crippen LogP contribution >= 0.6 is 23.5 Å². The van der Waals surface area contributed by atoms with Gasteiger partial charge in [-0.2, -0.15) is 0 Å². The van der Waals surface area contributed by atoms with Crippen LogP contribution in [0, 0.1) is 0 Å². The van der Waals surface area contributed by atoms with Gasteiger partial charge in [0.25, 0.3) is 5.91 Å². The van der Waals surface area contributed by atoms with E-state index in [4.69, 9.17) is 4.84 Å². The Morgan fingerprint density at radius 3 is 2.38 bits per heavy atom. The lowest BCUT2D eigenvalue weighted by atomic mass is 10.1. The van der Waals surface area contributed by atoms with Gasteiger partial charge in [0.15, 0.2) is 0 Å². The fourth-order valence-corrected chi connectivity index (χ4v) is 3.57. The minimum Gasteiger partial charge on any atom is -0.272 e. The Kier molecular flexibility index (Phi) is 10.3. The molecule has 0 fully saturated rings. The van der Waals surface area contributed by atoms with E-state index in [1.165, 1.54) is 23.5 Å². The van der Waals surface area contributed by atoms with Gasteiger partial charge >= 0.3 is 6.03 Å². The number of urea groups is 1. The topological polar surface area (TPSA) is 67.4 Å². The Bertz CT molecular complexity index is 556. The molecule has 1 rings (SSSR count). The Labute approximate surface area is 151 Å². The molecule has 0 spiro atoms. The van der Waals surface area contributed by atoms with E-state index < -0.39 is 6.03 Å². The van der Waals surface area contributed by atoms with E-state index in [-0.39, 0.29) is 5.91 Å². The number of thioether (sulfide) groups is 2. The molecule has 1 aromatic carbocycles. The Balaban J connectivity index is 2.42. The number of amides is 3. The molecule has 0 saturated heterocycles. The molecule has 0 atom stereocenters. The average molecular weight is 369 g/mol. The first kappa shape index (κ1) is 20.6. The largest absolute Gasteiger partial charge is 0.345 e. The Morgan fingerprint density at radius 2 is 1.79 bits per heavy atom. The molecular formula is C17H24N2O3S2. The van der Waals surface area contributed by atoms with Crippen molar-refractivity contribution in [3.63, 3.8) is 0 Å². The second-order valence-electron chi connectivity index (χ2n) is 4.89. The standard InChI is InChI=1S/C17H24N2O3S2/c1-4-8-14(16(23-2)24-3)15(20)18-17(21)19-22-12-11-13-9-6-5-7-10-13/h5-7,9-10H,4,8,11-12H2,1-3H3,(H2,18,19,20,21). The normalized spacial score (nSPS) is 10.1. The number of hydrogen-bond acceptors (Lipinski definition) is 5. The monoisotopic (exact) mass is 368 g/mol. The van der Waals surface area contributed by atoms with E-state index in [1.54, 1.807) is 0 Å². The van der Waals surface area contributed by atoms with E-state index in [0.717, 1.165) is 16.2 Å². The van der Waals surface area contributed by atoms with Gasteiger partial charge in [-0.15, -0.1) is 23.5 Å². The molecule has 0 unspecified atom stereocenters. The maximum atomic E-state index is 12.2. The van der Waals surface area contributed by atoms with Gasteiger partial charge in [0, 0.05) is 9.81 Å². The summed E-state index contributed by atoms with van der Waals surface area (Å²) in [6, 6.07) is 9.17. The summed E-state index contributed by atoms with van der Waals surface area (Å²) in [5, 5.41) is 2.31. The van der Waals surface area contributed by atoms with Crippen molar-refractivity contribution in [3.05, 3.63) is 45.7 Å². The van der Waals surface area contributed by atoms with E-state index in [9.17, 15) is 9.59 Å². The minimum atomic E-state index is -0.650. The zero-order valence-corrected chi connectivity index (χ0v) is 15.9. The Hall–Kier alpha value is -1.44. The highest BCUT2D eigenvalue weighted by Gasteiger charge is 2.16. The number of nitrogens with one attached hydrogen (secondary N) is 2. The fourth-order valence-electron chi connectivity index (χ4n) is 2.02. The lowest BCUT2D eigenvalue weighted by Gasteiger charge is -2.12. The molecule has 2 N–H and O–H groups in total. The number of hydrogen-bond donors (Lipinski definition) is 2.